The molecule has 3 heterocycles. The van der Waals surface area contributed by atoms with E-state index in [1.165, 1.54) is 4.90 Å². The van der Waals surface area contributed by atoms with Gasteiger partial charge in [0.1, 0.15) is 37.1 Å². The third-order valence-corrected chi connectivity index (χ3v) is 11.8. The molecule has 3 fully saturated rings. The summed E-state index contributed by atoms with van der Waals surface area (Å²) in [6, 6.07) is 40.2. The second-order valence-corrected chi connectivity index (χ2v) is 18.1. The summed E-state index contributed by atoms with van der Waals surface area (Å²) in [7, 11) is -3.62. The zero-order valence-corrected chi connectivity index (χ0v) is 39.0. The first kappa shape index (κ1) is 50.1. The summed E-state index contributed by atoms with van der Waals surface area (Å²) in [4.78, 5) is 68.6. The number of amides is 4. The van der Waals surface area contributed by atoms with E-state index in [1.807, 2.05) is 36.4 Å². The number of esters is 1. The summed E-state index contributed by atoms with van der Waals surface area (Å²) >= 11 is 0. The van der Waals surface area contributed by atoms with Gasteiger partial charge in [0, 0.05) is 66.4 Å². The van der Waals surface area contributed by atoms with E-state index in [-0.39, 0.29) is 56.0 Å². The van der Waals surface area contributed by atoms with Gasteiger partial charge in [0.2, 0.25) is 0 Å². The molecule has 3 aliphatic rings. The van der Waals surface area contributed by atoms with Crippen LogP contribution in [0, 0.1) is 10.8 Å². The summed E-state index contributed by atoms with van der Waals surface area (Å²) < 4.78 is 42.9. The minimum absolute atomic E-state index is 0.0177. The number of benzene rings is 5. The minimum Gasteiger partial charge on any atom is -0.460 e. The number of carbonyl (C=O) groups excluding carboxylic acids is 5. The number of carbonyl (C=O) groups is 5. The quantitative estimate of drug-likeness (QED) is 0.0361. The van der Waals surface area contributed by atoms with E-state index in [0.717, 1.165) is 38.0 Å². The summed E-state index contributed by atoms with van der Waals surface area (Å²) in [6.07, 6.45) is -1.08. The predicted molar refractivity (Wildman–Crippen MR) is 260 cm³/mol. The van der Waals surface area contributed by atoms with Gasteiger partial charge in [0.05, 0.1) is 25.9 Å². The Morgan fingerprint density at radius 2 is 1.03 bits per heavy atom. The van der Waals surface area contributed by atoms with Gasteiger partial charge in [-0.05, 0) is 78.4 Å². The molecule has 3 saturated heterocycles. The second kappa shape index (κ2) is 23.5. The Labute approximate surface area is 405 Å². The van der Waals surface area contributed by atoms with Gasteiger partial charge in [-0.3, -0.25) is 49.0 Å². The standard InChI is InChI=1S/C31H33N5O5.C19H19N3O6S/c32-29(33-30(38)25-9-5-2-6-10-25)24-11-13-26(14-12-24)36-20-27(41-31(36)39)19-34-15-17-35(18-16-34)21-28(37)40-22-23-7-3-1-4-8-23;1-29(25,26)27-12-16-11-22(19(24)28-16)15-9-7-13(8-10-15)17(20)21-18(23)14-5-3-2-4-6-14/h1-14,27H,15-22H2,(H2,32,33,38);2-10,16H,11-12H2,1H3,(H2,20,21,23). The van der Waals surface area contributed by atoms with E-state index < -0.39 is 34.3 Å². The maximum absolute atomic E-state index is 12.6. The highest BCUT2D eigenvalue weighted by atomic mass is 32.2. The lowest BCUT2D eigenvalue weighted by atomic mass is 10.1. The Morgan fingerprint density at radius 1 is 0.600 bits per heavy atom. The van der Waals surface area contributed by atoms with Crippen LogP contribution in [0.4, 0.5) is 21.0 Å². The van der Waals surface area contributed by atoms with Crippen LogP contribution in [0.1, 0.15) is 37.4 Å². The van der Waals surface area contributed by atoms with E-state index in [1.54, 1.807) is 108 Å². The van der Waals surface area contributed by atoms with Crippen LogP contribution in [0.5, 0.6) is 0 Å². The maximum atomic E-state index is 12.6. The second-order valence-electron chi connectivity index (χ2n) is 16.4. The van der Waals surface area contributed by atoms with Crippen molar-refractivity contribution in [3.63, 3.8) is 0 Å². The van der Waals surface area contributed by atoms with Crippen LogP contribution in [0.3, 0.4) is 0 Å². The van der Waals surface area contributed by atoms with Gasteiger partial charge in [-0.1, -0.05) is 66.7 Å². The number of ether oxygens (including phenoxy) is 3. The molecular weight excluding hydrogens is 921 g/mol. The van der Waals surface area contributed by atoms with Crippen LogP contribution >= 0.6 is 0 Å². The van der Waals surface area contributed by atoms with Crippen LogP contribution < -0.4 is 20.4 Å². The lowest BCUT2D eigenvalue weighted by molar-refractivity contribution is -0.146. The molecule has 3 aliphatic heterocycles. The van der Waals surface area contributed by atoms with Gasteiger partial charge >= 0.3 is 18.2 Å². The Balaban J connectivity index is 0.000000219. The molecule has 0 radical (unpaired) electrons. The molecule has 5 aromatic carbocycles. The number of rotatable bonds is 15. The molecule has 70 heavy (non-hydrogen) atoms. The summed E-state index contributed by atoms with van der Waals surface area (Å²) in [5, 5.41) is 21.4. The first-order chi connectivity index (χ1) is 33.7. The van der Waals surface area contributed by atoms with Crippen molar-refractivity contribution in [3.8, 4) is 0 Å². The number of nitrogens with one attached hydrogen (secondary N) is 4. The van der Waals surface area contributed by atoms with Crippen molar-refractivity contribution < 1.29 is 50.8 Å². The number of hydrogen-bond donors (Lipinski definition) is 4. The zero-order valence-electron chi connectivity index (χ0n) is 38.2. The Bertz CT molecular complexity index is 2760. The number of amidine groups is 2. The van der Waals surface area contributed by atoms with Gasteiger partial charge in [0.15, 0.2) is 0 Å². The highest BCUT2D eigenvalue weighted by molar-refractivity contribution is 7.86. The predicted octanol–water partition coefficient (Wildman–Crippen LogP) is 4.87. The summed E-state index contributed by atoms with van der Waals surface area (Å²) in [5.41, 5.74) is 4.06. The molecule has 0 saturated carbocycles. The molecule has 0 aromatic heterocycles. The van der Waals surface area contributed by atoms with Crippen molar-refractivity contribution in [2.24, 2.45) is 0 Å². The largest absolute Gasteiger partial charge is 0.460 e. The molecule has 5 aromatic rings. The molecule has 0 bridgehead atoms. The summed E-state index contributed by atoms with van der Waals surface area (Å²) in [5.74, 6) is -1.07. The van der Waals surface area contributed by atoms with Gasteiger partial charge in [-0.15, -0.1) is 0 Å². The fourth-order valence-electron chi connectivity index (χ4n) is 7.54. The van der Waals surface area contributed by atoms with Gasteiger partial charge in [-0.2, -0.15) is 8.42 Å². The summed E-state index contributed by atoms with van der Waals surface area (Å²) in [6.45, 7) is 4.46. The minimum atomic E-state index is -3.62. The molecular formula is C50H52N8O11S. The molecule has 4 amide bonds. The molecule has 364 valence electrons. The lowest BCUT2D eigenvalue weighted by Gasteiger charge is -2.34. The van der Waals surface area contributed by atoms with Gasteiger partial charge in [0.25, 0.3) is 21.9 Å². The van der Waals surface area contributed by atoms with Gasteiger partial charge in [-0.25, -0.2) is 9.59 Å². The highest BCUT2D eigenvalue weighted by Crippen LogP contribution is 2.24. The van der Waals surface area contributed by atoms with Crippen LogP contribution in [0.2, 0.25) is 0 Å². The van der Waals surface area contributed by atoms with Crippen molar-refractivity contribution >= 4 is 63.1 Å². The monoisotopic (exact) mass is 972 g/mol. The Kier molecular flexibility index (Phi) is 16.8. The van der Waals surface area contributed by atoms with Crippen LogP contribution in [-0.2, 0) is 39.9 Å². The van der Waals surface area contributed by atoms with Crippen molar-refractivity contribution in [1.29, 1.82) is 10.8 Å². The van der Waals surface area contributed by atoms with Gasteiger partial charge < -0.3 is 24.8 Å². The van der Waals surface area contributed by atoms with E-state index in [9.17, 15) is 32.4 Å². The molecule has 19 nitrogen and oxygen atoms in total. The molecule has 2 atom stereocenters. The number of anilines is 2. The highest BCUT2D eigenvalue weighted by Gasteiger charge is 2.35. The maximum Gasteiger partial charge on any atom is 0.414 e. The third kappa shape index (κ3) is 14.4. The Hall–Kier alpha value is -7.78. The first-order valence-electron chi connectivity index (χ1n) is 22.2. The topological polar surface area (TPSA) is 241 Å². The first-order valence-corrected chi connectivity index (χ1v) is 24.0. The fourth-order valence-corrected chi connectivity index (χ4v) is 7.94. The molecule has 4 N–H and O–H groups in total. The smallest absolute Gasteiger partial charge is 0.414 e. The average Bonchev–Trinajstić information content (AvgIpc) is 3.94. The number of cyclic esters (lactones) is 2. The number of piperazine rings is 1. The Morgan fingerprint density at radius 3 is 1.50 bits per heavy atom. The van der Waals surface area contributed by atoms with E-state index in [0.29, 0.717) is 46.7 Å². The fraction of sp³-hybridized carbons (Fsp3) is 0.260. The van der Waals surface area contributed by atoms with Crippen molar-refractivity contribution in [2.75, 3.05) is 75.0 Å². The molecule has 0 aliphatic carbocycles. The SMILES string of the molecule is CS(=O)(=O)OCC1CN(c2ccc(C(=N)NC(=O)c3ccccc3)cc2)C(=O)O1.N=C(NC(=O)c1ccccc1)c1ccc(N2CC(CN3CCN(CC(=O)OCc4ccccc4)CC3)OC2=O)cc1. The van der Waals surface area contributed by atoms with Crippen LogP contribution in [0.25, 0.3) is 0 Å². The lowest BCUT2D eigenvalue weighted by Crippen LogP contribution is -2.50. The normalized spacial score (nSPS) is 17.1. The van der Waals surface area contributed by atoms with E-state index >= 15 is 0 Å². The van der Waals surface area contributed by atoms with E-state index in [2.05, 4.69) is 24.6 Å². The molecule has 2 unspecified atom stereocenters. The zero-order chi connectivity index (χ0) is 49.6. The molecule has 20 heteroatoms. The molecule has 8 rings (SSSR count). The van der Waals surface area contributed by atoms with Crippen molar-refractivity contribution in [1.82, 2.24) is 20.4 Å². The van der Waals surface area contributed by atoms with Crippen LogP contribution in [-0.4, -0.2) is 137 Å². The number of hydrogen-bond acceptors (Lipinski definition) is 15. The van der Waals surface area contributed by atoms with Crippen LogP contribution in [0.15, 0.2) is 140 Å². The number of nitrogens with zero attached hydrogens (tertiary/aromatic N) is 4. The average molecular weight is 973 g/mol. The van der Waals surface area contributed by atoms with Crippen molar-refractivity contribution in [2.45, 2.75) is 18.8 Å². The van der Waals surface area contributed by atoms with E-state index in [4.69, 9.17) is 25.0 Å². The third-order valence-electron chi connectivity index (χ3n) is 11.2. The molecule has 0 spiro atoms. The van der Waals surface area contributed by atoms with Crippen molar-refractivity contribution in [3.05, 3.63) is 167 Å².